The molecule has 0 aliphatic heterocycles. The van der Waals surface area contributed by atoms with Crippen LogP contribution in [0.5, 0.6) is 11.5 Å². The van der Waals surface area contributed by atoms with Crippen molar-refractivity contribution < 1.29 is 24.5 Å². The minimum absolute atomic E-state index is 0.0483. The van der Waals surface area contributed by atoms with E-state index in [4.69, 9.17) is 9.84 Å². The maximum atomic E-state index is 11.6. The molecule has 0 saturated carbocycles. The molecule has 0 fully saturated rings. The predicted molar refractivity (Wildman–Crippen MR) is 68.1 cm³/mol. The van der Waals surface area contributed by atoms with E-state index in [-0.39, 0.29) is 24.5 Å². The maximum absolute atomic E-state index is 11.6. The number of carboxylic acids is 1. The van der Waals surface area contributed by atoms with Gasteiger partial charge in [0.05, 0.1) is 6.42 Å². The summed E-state index contributed by atoms with van der Waals surface area (Å²) in [6, 6.07) is 5.89. The van der Waals surface area contributed by atoms with Crippen LogP contribution >= 0.6 is 0 Å². The van der Waals surface area contributed by atoms with Crippen LogP contribution in [0.15, 0.2) is 24.3 Å². The lowest BCUT2D eigenvalue weighted by molar-refractivity contribution is -0.137. The fraction of sp³-hybridized carbons (Fsp3) is 0.385. The summed E-state index contributed by atoms with van der Waals surface area (Å²) in [5.74, 6) is -1.22. The molecule has 3 N–H and O–H groups in total. The Balaban J connectivity index is 2.43. The lowest BCUT2D eigenvalue weighted by Gasteiger charge is -2.15. The summed E-state index contributed by atoms with van der Waals surface area (Å²) in [6.07, 6.45) is 0.396. The smallest absolute Gasteiger partial charge is 0.305 e. The van der Waals surface area contributed by atoms with Crippen LogP contribution in [0, 0.1) is 0 Å². The number of phenolic OH excluding ortho intramolecular Hbond substituents is 1. The van der Waals surface area contributed by atoms with Crippen molar-refractivity contribution in [1.29, 1.82) is 0 Å². The zero-order valence-electron chi connectivity index (χ0n) is 10.6. The number of ether oxygens (including phenoxy) is 1. The summed E-state index contributed by atoms with van der Waals surface area (Å²) in [4.78, 5) is 22.1. The third kappa shape index (κ3) is 5.29. The molecular weight excluding hydrogens is 250 g/mol. The third-order valence-electron chi connectivity index (χ3n) is 2.50. The minimum Gasteiger partial charge on any atom is -0.504 e. The van der Waals surface area contributed by atoms with Crippen molar-refractivity contribution in [2.75, 3.05) is 6.61 Å². The van der Waals surface area contributed by atoms with Gasteiger partial charge in [0.2, 0.25) is 0 Å². The molecule has 0 heterocycles. The standard InChI is InChI=1S/C13H17NO5/c1-2-9(7-13(17)18)14-12(16)8-19-11-6-4-3-5-10(11)15/h3-6,9,15H,2,7-8H2,1H3,(H,14,16)(H,17,18). The third-order valence-corrected chi connectivity index (χ3v) is 2.50. The van der Waals surface area contributed by atoms with Crippen molar-refractivity contribution in [2.45, 2.75) is 25.8 Å². The Labute approximate surface area is 111 Å². The number of amides is 1. The van der Waals surface area contributed by atoms with E-state index in [1.54, 1.807) is 19.1 Å². The first-order valence-electron chi connectivity index (χ1n) is 5.94. The van der Waals surface area contributed by atoms with Crippen molar-refractivity contribution in [2.24, 2.45) is 0 Å². The van der Waals surface area contributed by atoms with Crippen LogP contribution < -0.4 is 10.1 Å². The Morgan fingerprint density at radius 3 is 2.63 bits per heavy atom. The summed E-state index contributed by atoms with van der Waals surface area (Å²) in [5, 5.41) is 20.7. The van der Waals surface area contributed by atoms with E-state index in [9.17, 15) is 14.7 Å². The van der Waals surface area contributed by atoms with Crippen LogP contribution in [0.25, 0.3) is 0 Å². The Hall–Kier alpha value is -2.24. The molecule has 0 radical (unpaired) electrons. The van der Waals surface area contributed by atoms with Crippen molar-refractivity contribution in [3.63, 3.8) is 0 Å². The molecule has 1 aromatic carbocycles. The van der Waals surface area contributed by atoms with Gasteiger partial charge in [-0.2, -0.15) is 0 Å². The van der Waals surface area contributed by atoms with Gasteiger partial charge in [-0.25, -0.2) is 0 Å². The fourth-order valence-electron chi connectivity index (χ4n) is 1.50. The van der Waals surface area contributed by atoms with Crippen LogP contribution in [0.4, 0.5) is 0 Å². The van der Waals surface area contributed by atoms with Crippen molar-refractivity contribution in [3.05, 3.63) is 24.3 Å². The maximum Gasteiger partial charge on any atom is 0.305 e. The van der Waals surface area contributed by atoms with E-state index in [2.05, 4.69) is 5.32 Å². The average Bonchev–Trinajstić information content (AvgIpc) is 2.36. The fourth-order valence-corrected chi connectivity index (χ4v) is 1.50. The highest BCUT2D eigenvalue weighted by molar-refractivity contribution is 5.78. The topological polar surface area (TPSA) is 95.9 Å². The molecule has 6 nitrogen and oxygen atoms in total. The van der Waals surface area contributed by atoms with Crippen LogP contribution in [0.3, 0.4) is 0 Å². The van der Waals surface area contributed by atoms with Gasteiger partial charge in [0.1, 0.15) is 0 Å². The molecule has 1 aromatic rings. The normalized spacial score (nSPS) is 11.6. The Bertz CT molecular complexity index is 446. The van der Waals surface area contributed by atoms with E-state index in [1.165, 1.54) is 12.1 Å². The number of aromatic hydroxyl groups is 1. The molecule has 0 aliphatic rings. The zero-order valence-corrected chi connectivity index (χ0v) is 10.6. The second-order valence-electron chi connectivity index (χ2n) is 4.03. The molecular formula is C13H17NO5. The van der Waals surface area contributed by atoms with Gasteiger partial charge in [0, 0.05) is 6.04 Å². The molecule has 19 heavy (non-hydrogen) atoms. The molecule has 1 atom stereocenters. The summed E-state index contributed by atoms with van der Waals surface area (Å²) < 4.78 is 5.14. The van der Waals surface area contributed by atoms with E-state index in [1.807, 2.05) is 0 Å². The number of benzene rings is 1. The van der Waals surface area contributed by atoms with E-state index >= 15 is 0 Å². The molecule has 1 rings (SSSR count). The Morgan fingerprint density at radius 1 is 1.37 bits per heavy atom. The first kappa shape index (κ1) is 14.8. The SMILES string of the molecule is CCC(CC(=O)O)NC(=O)COc1ccccc1O. The first-order chi connectivity index (χ1) is 9.02. The quantitative estimate of drug-likeness (QED) is 0.688. The highest BCUT2D eigenvalue weighted by Crippen LogP contribution is 2.23. The van der Waals surface area contributed by atoms with E-state index < -0.39 is 17.9 Å². The molecule has 1 amide bonds. The minimum atomic E-state index is -0.964. The van der Waals surface area contributed by atoms with Gasteiger partial charge in [0.15, 0.2) is 18.1 Å². The van der Waals surface area contributed by atoms with Gasteiger partial charge in [-0.3, -0.25) is 9.59 Å². The zero-order chi connectivity index (χ0) is 14.3. The molecule has 0 bridgehead atoms. The second kappa shape index (κ2) is 7.25. The number of hydrogen-bond donors (Lipinski definition) is 3. The average molecular weight is 267 g/mol. The first-order valence-corrected chi connectivity index (χ1v) is 5.94. The lowest BCUT2D eigenvalue weighted by atomic mass is 10.1. The van der Waals surface area contributed by atoms with Crippen molar-refractivity contribution in [1.82, 2.24) is 5.32 Å². The number of nitrogens with one attached hydrogen (secondary N) is 1. The van der Waals surface area contributed by atoms with Crippen molar-refractivity contribution in [3.8, 4) is 11.5 Å². The number of carbonyl (C=O) groups excluding carboxylic acids is 1. The number of carbonyl (C=O) groups is 2. The number of phenols is 1. The molecule has 0 saturated heterocycles. The summed E-state index contributed by atoms with van der Waals surface area (Å²) in [5.41, 5.74) is 0. The molecule has 0 aromatic heterocycles. The number of hydrogen-bond acceptors (Lipinski definition) is 4. The number of para-hydroxylation sites is 2. The van der Waals surface area contributed by atoms with Crippen LogP contribution in [0.2, 0.25) is 0 Å². The number of rotatable bonds is 7. The van der Waals surface area contributed by atoms with Crippen LogP contribution in [-0.2, 0) is 9.59 Å². The molecule has 0 aliphatic carbocycles. The van der Waals surface area contributed by atoms with Gasteiger partial charge in [-0.1, -0.05) is 19.1 Å². The highest BCUT2D eigenvalue weighted by atomic mass is 16.5. The summed E-state index contributed by atoms with van der Waals surface area (Å²) >= 11 is 0. The van der Waals surface area contributed by atoms with Crippen molar-refractivity contribution >= 4 is 11.9 Å². The molecule has 104 valence electrons. The van der Waals surface area contributed by atoms with Crippen LogP contribution in [-0.4, -0.2) is 34.7 Å². The molecule has 6 heteroatoms. The van der Waals surface area contributed by atoms with E-state index in [0.717, 1.165) is 0 Å². The monoisotopic (exact) mass is 267 g/mol. The summed E-state index contributed by atoms with van der Waals surface area (Å²) in [7, 11) is 0. The van der Waals surface area contributed by atoms with Crippen LogP contribution in [0.1, 0.15) is 19.8 Å². The molecule has 1 unspecified atom stereocenters. The van der Waals surface area contributed by atoms with Gasteiger partial charge in [0.25, 0.3) is 5.91 Å². The lowest BCUT2D eigenvalue weighted by Crippen LogP contribution is -2.38. The van der Waals surface area contributed by atoms with Gasteiger partial charge in [-0.15, -0.1) is 0 Å². The van der Waals surface area contributed by atoms with Gasteiger partial charge in [-0.05, 0) is 18.6 Å². The molecule has 0 spiro atoms. The predicted octanol–water partition coefficient (Wildman–Crippen LogP) is 1.14. The highest BCUT2D eigenvalue weighted by Gasteiger charge is 2.14. The van der Waals surface area contributed by atoms with Gasteiger partial charge < -0.3 is 20.3 Å². The van der Waals surface area contributed by atoms with E-state index in [0.29, 0.717) is 6.42 Å². The number of aliphatic carboxylic acids is 1. The number of carboxylic acid groups (broad SMARTS) is 1. The Morgan fingerprint density at radius 2 is 2.05 bits per heavy atom. The Kier molecular flexibility index (Phi) is 5.66. The second-order valence-corrected chi connectivity index (χ2v) is 4.03. The summed E-state index contributed by atoms with van der Waals surface area (Å²) in [6.45, 7) is 1.52. The van der Waals surface area contributed by atoms with Gasteiger partial charge >= 0.3 is 5.97 Å². The largest absolute Gasteiger partial charge is 0.504 e.